The van der Waals surface area contributed by atoms with Crippen LogP contribution in [0.3, 0.4) is 0 Å². The Morgan fingerprint density at radius 3 is 2.29 bits per heavy atom. The molecule has 0 saturated carbocycles. The Bertz CT molecular complexity index is 2030. The highest BCUT2D eigenvalue weighted by molar-refractivity contribution is 5.78. The minimum Gasteiger partial charge on any atom is -0.444 e. The molecule has 2 N–H and O–H groups in total. The summed E-state index contributed by atoms with van der Waals surface area (Å²) < 4.78 is 17.2. The van der Waals surface area contributed by atoms with Crippen LogP contribution in [0.15, 0.2) is 60.8 Å². The van der Waals surface area contributed by atoms with E-state index in [4.69, 9.17) is 19.2 Å². The van der Waals surface area contributed by atoms with Gasteiger partial charge in [0.25, 0.3) is 0 Å². The van der Waals surface area contributed by atoms with Gasteiger partial charge < -0.3 is 24.2 Å². The molecule has 7 rings (SSSR count). The molecule has 3 aliphatic rings. The normalized spacial score (nSPS) is 22.1. The average molecular weight is 691 g/mol. The smallest absolute Gasteiger partial charge is 0.411 e. The standard InChI is InChI=1S/C40H46N6O5/c1-25-18-32(45(22-25)36(47)50-38(2,3)4)34-41-21-31(44-34)28-13-10-26(11-14-28)8-9-27-12-15-29-30(19-27)43-35(42-29)33-20-40(16-17-49-24-40)23-46(33)37(48)51-39(5,6)7/h10-15,19,21,32-33H,1,16-18,20,22-24H2,2-7H3,(H,41,44)(H,42,43)/t32-,33-,40-/m0/s1. The summed E-state index contributed by atoms with van der Waals surface area (Å²) in [5.41, 5.74) is 4.93. The molecular formula is C40H46N6O5. The van der Waals surface area contributed by atoms with Crippen molar-refractivity contribution in [3.05, 3.63) is 83.6 Å². The largest absolute Gasteiger partial charge is 0.444 e. The number of hydrogen-bond acceptors (Lipinski definition) is 7. The number of benzene rings is 2. The number of nitrogens with one attached hydrogen (secondary N) is 2. The van der Waals surface area contributed by atoms with Crippen molar-refractivity contribution in [2.24, 2.45) is 5.41 Å². The zero-order valence-electron chi connectivity index (χ0n) is 30.3. The summed E-state index contributed by atoms with van der Waals surface area (Å²) in [5, 5.41) is 0. The number of nitrogens with zero attached hydrogens (tertiary/aromatic N) is 4. The third-order valence-corrected chi connectivity index (χ3v) is 9.48. The second kappa shape index (κ2) is 12.9. The van der Waals surface area contributed by atoms with Gasteiger partial charge in [0.05, 0.1) is 41.6 Å². The second-order valence-corrected chi connectivity index (χ2v) is 16.1. The molecule has 2 aromatic heterocycles. The van der Waals surface area contributed by atoms with Crippen molar-refractivity contribution in [2.45, 2.75) is 84.1 Å². The third-order valence-electron chi connectivity index (χ3n) is 9.48. The summed E-state index contributed by atoms with van der Waals surface area (Å²) in [4.78, 5) is 46.1. The Kier molecular flexibility index (Phi) is 8.70. The van der Waals surface area contributed by atoms with E-state index >= 15 is 0 Å². The first-order valence-electron chi connectivity index (χ1n) is 17.5. The number of imidazole rings is 2. The maximum absolute atomic E-state index is 13.3. The summed E-state index contributed by atoms with van der Waals surface area (Å²) in [7, 11) is 0. The Morgan fingerprint density at radius 1 is 0.922 bits per heavy atom. The topological polar surface area (TPSA) is 126 Å². The zero-order valence-corrected chi connectivity index (χ0v) is 30.3. The molecular weight excluding hydrogens is 644 g/mol. The van der Waals surface area contributed by atoms with Gasteiger partial charge >= 0.3 is 12.2 Å². The molecule has 11 heteroatoms. The maximum Gasteiger partial charge on any atom is 0.411 e. The number of hydrogen-bond donors (Lipinski definition) is 2. The van der Waals surface area contributed by atoms with Crippen LogP contribution in [0.2, 0.25) is 0 Å². The molecule has 3 fully saturated rings. The minimum absolute atomic E-state index is 0.0824. The van der Waals surface area contributed by atoms with Crippen LogP contribution in [-0.2, 0) is 14.2 Å². The van der Waals surface area contributed by atoms with Gasteiger partial charge in [-0.2, -0.15) is 0 Å². The summed E-state index contributed by atoms with van der Waals surface area (Å²) >= 11 is 0. The van der Waals surface area contributed by atoms with Crippen molar-refractivity contribution >= 4 is 23.2 Å². The van der Waals surface area contributed by atoms with Gasteiger partial charge in [-0.25, -0.2) is 19.6 Å². The highest BCUT2D eigenvalue weighted by Gasteiger charge is 2.50. The Labute approximate surface area is 298 Å². The van der Waals surface area contributed by atoms with Gasteiger partial charge in [-0.05, 0) is 96.7 Å². The zero-order chi connectivity index (χ0) is 36.1. The molecule has 0 radical (unpaired) electrons. The molecule has 51 heavy (non-hydrogen) atoms. The van der Waals surface area contributed by atoms with Crippen LogP contribution in [0.4, 0.5) is 9.59 Å². The average Bonchev–Trinajstić information content (AvgIpc) is 3.89. The van der Waals surface area contributed by atoms with Crippen LogP contribution in [0.5, 0.6) is 0 Å². The van der Waals surface area contributed by atoms with Crippen LogP contribution < -0.4 is 0 Å². The Hall–Kier alpha value is -5.08. The molecule has 2 aromatic carbocycles. The summed E-state index contributed by atoms with van der Waals surface area (Å²) in [6.45, 7) is 17.7. The Morgan fingerprint density at radius 2 is 1.61 bits per heavy atom. The number of amides is 2. The lowest BCUT2D eigenvalue weighted by Gasteiger charge is -2.28. The van der Waals surface area contributed by atoms with Crippen molar-refractivity contribution in [1.29, 1.82) is 0 Å². The molecule has 11 nitrogen and oxygen atoms in total. The van der Waals surface area contributed by atoms with Gasteiger partial charge in [-0.3, -0.25) is 9.80 Å². The van der Waals surface area contributed by atoms with E-state index in [1.807, 2.05) is 88.9 Å². The molecule has 5 heterocycles. The number of aromatic amines is 2. The molecule has 3 atom stereocenters. The second-order valence-electron chi connectivity index (χ2n) is 16.1. The first-order valence-corrected chi connectivity index (χ1v) is 17.5. The van der Waals surface area contributed by atoms with Gasteiger partial charge in [0.2, 0.25) is 0 Å². The Balaban J connectivity index is 1.05. The molecule has 266 valence electrons. The van der Waals surface area contributed by atoms with E-state index in [0.717, 1.165) is 57.7 Å². The number of ether oxygens (including phenoxy) is 3. The molecule has 3 aliphatic heterocycles. The fourth-order valence-electron chi connectivity index (χ4n) is 7.10. The summed E-state index contributed by atoms with van der Waals surface area (Å²) in [5.74, 6) is 8.01. The van der Waals surface area contributed by atoms with Gasteiger partial charge in [0.15, 0.2) is 0 Å². The lowest BCUT2D eigenvalue weighted by atomic mass is 9.85. The molecule has 0 aliphatic carbocycles. The van der Waals surface area contributed by atoms with Crippen molar-refractivity contribution < 1.29 is 23.8 Å². The number of fused-ring (bicyclic) bond motifs is 1. The van der Waals surface area contributed by atoms with Crippen molar-refractivity contribution in [3.63, 3.8) is 0 Å². The number of likely N-dealkylation sites (tertiary alicyclic amines) is 2. The third kappa shape index (κ3) is 7.52. The summed E-state index contributed by atoms with van der Waals surface area (Å²) in [6.07, 6.45) is 3.41. The van der Waals surface area contributed by atoms with Crippen molar-refractivity contribution in [1.82, 2.24) is 29.7 Å². The van der Waals surface area contributed by atoms with Crippen LogP contribution in [-0.4, -0.2) is 79.4 Å². The van der Waals surface area contributed by atoms with Crippen LogP contribution in [0.25, 0.3) is 22.3 Å². The van der Waals surface area contributed by atoms with E-state index in [2.05, 4.69) is 33.4 Å². The maximum atomic E-state index is 13.3. The number of aromatic nitrogens is 4. The van der Waals surface area contributed by atoms with Crippen molar-refractivity contribution in [3.8, 4) is 23.1 Å². The van der Waals surface area contributed by atoms with Gasteiger partial charge in [0.1, 0.15) is 22.9 Å². The van der Waals surface area contributed by atoms with E-state index in [0.29, 0.717) is 38.5 Å². The van der Waals surface area contributed by atoms with E-state index in [-0.39, 0.29) is 29.7 Å². The first-order chi connectivity index (χ1) is 24.1. The molecule has 1 spiro atoms. The number of carbonyl (C=O) groups is 2. The van der Waals surface area contributed by atoms with Gasteiger partial charge in [0, 0.05) is 36.2 Å². The molecule has 2 amide bonds. The van der Waals surface area contributed by atoms with Crippen LogP contribution in [0.1, 0.15) is 95.7 Å². The fourth-order valence-corrected chi connectivity index (χ4v) is 7.10. The van der Waals surface area contributed by atoms with Gasteiger partial charge in [-0.15, -0.1) is 0 Å². The number of rotatable bonds is 3. The van der Waals surface area contributed by atoms with Crippen molar-refractivity contribution in [2.75, 3.05) is 26.3 Å². The predicted molar refractivity (Wildman–Crippen MR) is 194 cm³/mol. The van der Waals surface area contributed by atoms with Crippen LogP contribution >= 0.6 is 0 Å². The lowest BCUT2D eigenvalue weighted by molar-refractivity contribution is 0.0197. The SMILES string of the molecule is C=C1C[C@@H](c2ncc(-c3ccc(C#Cc4ccc5nc([C@@H]6C[C@@]7(CCOC7)CN6C(=O)OC(C)(C)C)[nH]c5c4)cc3)[nH]2)N(C(=O)OC(C)(C)C)C1. The van der Waals surface area contributed by atoms with E-state index < -0.39 is 11.2 Å². The van der Waals surface area contributed by atoms with E-state index in [1.54, 1.807) is 11.1 Å². The van der Waals surface area contributed by atoms with Gasteiger partial charge in [-0.1, -0.05) is 36.1 Å². The predicted octanol–water partition coefficient (Wildman–Crippen LogP) is 7.68. The molecule has 0 bridgehead atoms. The first kappa shape index (κ1) is 34.4. The minimum atomic E-state index is -0.591. The highest BCUT2D eigenvalue weighted by atomic mass is 16.6. The molecule has 4 aromatic rings. The highest BCUT2D eigenvalue weighted by Crippen LogP contribution is 2.48. The lowest BCUT2D eigenvalue weighted by Crippen LogP contribution is -2.38. The molecule has 0 unspecified atom stereocenters. The number of carbonyl (C=O) groups excluding carboxylic acids is 2. The quantitative estimate of drug-likeness (QED) is 0.167. The van der Waals surface area contributed by atoms with Crippen LogP contribution in [0, 0.1) is 17.3 Å². The monoisotopic (exact) mass is 690 g/mol. The number of H-pyrrole nitrogens is 2. The fraction of sp³-hybridized carbons (Fsp3) is 0.450. The van der Waals surface area contributed by atoms with E-state index in [9.17, 15) is 9.59 Å². The summed E-state index contributed by atoms with van der Waals surface area (Å²) in [6, 6.07) is 13.4. The molecule has 3 saturated heterocycles. The van der Waals surface area contributed by atoms with E-state index in [1.165, 1.54) is 0 Å².